The molecule has 3 rings (SSSR count). The first-order valence-electron chi connectivity index (χ1n) is 7.40. The largest absolute Gasteiger partial charge is 0.343 e. The second-order valence-corrected chi connectivity index (χ2v) is 6.71. The molecule has 6 heteroatoms. The van der Waals surface area contributed by atoms with Gasteiger partial charge in [0.05, 0.1) is 11.1 Å². The van der Waals surface area contributed by atoms with Crippen molar-refractivity contribution in [1.29, 1.82) is 0 Å². The highest BCUT2D eigenvalue weighted by Crippen LogP contribution is 2.27. The molecule has 1 aromatic rings. The molecule has 0 atom stereocenters. The summed E-state index contributed by atoms with van der Waals surface area (Å²) >= 11 is 3.31. The minimum absolute atomic E-state index is 0.0850. The number of amides is 3. The Morgan fingerprint density at radius 2 is 1.95 bits per heavy atom. The fourth-order valence-corrected chi connectivity index (χ4v) is 3.06. The van der Waals surface area contributed by atoms with Crippen molar-refractivity contribution < 1.29 is 14.4 Å². The van der Waals surface area contributed by atoms with E-state index in [4.69, 9.17) is 0 Å². The zero-order valence-electron chi connectivity index (χ0n) is 12.3. The van der Waals surface area contributed by atoms with E-state index >= 15 is 0 Å². The monoisotopic (exact) mass is 364 g/mol. The maximum atomic E-state index is 12.3. The van der Waals surface area contributed by atoms with Crippen molar-refractivity contribution in [3.63, 3.8) is 0 Å². The summed E-state index contributed by atoms with van der Waals surface area (Å²) in [5.74, 6) is -0.457. The fraction of sp³-hybridized carbons (Fsp3) is 0.438. The highest BCUT2D eigenvalue weighted by atomic mass is 79.9. The standard InChI is InChI=1S/C16H17BrN2O3/c1-18(11-5-6-11)14(20)3-2-8-19-15(21)12-7-4-10(17)9-13(12)16(19)22/h4,7,9,11H,2-3,5-6,8H2,1H3. The maximum Gasteiger partial charge on any atom is 0.261 e. The van der Waals surface area contributed by atoms with Crippen LogP contribution in [0.5, 0.6) is 0 Å². The smallest absolute Gasteiger partial charge is 0.261 e. The molecule has 0 radical (unpaired) electrons. The van der Waals surface area contributed by atoms with E-state index < -0.39 is 0 Å². The molecule has 0 N–H and O–H groups in total. The Kier molecular flexibility index (Phi) is 4.04. The van der Waals surface area contributed by atoms with E-state index in [1.807, 2.05) is 7.05 Å². The minimum Gasteiger partial charge on any atom is -0.343 e. The summed E-state index contributed by atoms with van der Waals surface area (Å²) < 4.78 is 0.774. The van der Waals surface area contributed by atoms with Gasteiger partial charge in [-0.2, -0.15) is 0 Å². The number of fused-ring (bicyclic) bond motifs is 1. The van der Waals surface area contributed by atoms with Gasteiger partial charge in [0.2, 0.25) is 5.91 Å². The molecule has 22 heavy (non-hydrogen) atoms. The van der Waals surface area contributed by atoms with E-state index in [1.165, 1.54) is 4.90 Å². The van der Waals surface area contributed by atoms with Gasteiger partial charge in [-0.15, -0.1) is 0 Å². The third-order valence-electron chi connectivity index (χ3n) is 4.19. The Morgan fingerprint density at radius 1 is 1.27 bits per heavy atom. The van der Waals surface area contributed by atoms with Gasteiger partial charge in [-0.3, -0.25) is 19.3 Å². The number of benzene rings is 1. The van der Waals surface area contributed by atoms with Gasteiger partial charge in [0.15, 0.2) is 0 Å². The number of hydrogen-bond donors (Lipinski definition) is 0. The van der Waals surface area contributed by atoms with E-state index in [0.717, 1.165) is 17.3 Å². The van der Waals surface area contributed by atoms with Gasteiger partial charge in [0, 0.05) is 30.5 Å². The zero-order valence-corrected chi connectivity index (χ0v) is 13.9. The van der Waals surface area contributed by atoms with E-state index in [1.54, 1.807) is 23.1 Å². The number of carbonyl (C=O) groups excluding carboxylic acids is 3. The number of imide groups is 1. The molecule has 2 aliphatic rings. The molecular formula is C16H17BrN2O3. The van der Waals surface area contributed by atoms with Crippen molar-refractivity contribution in [2.75, 3.05) is 13.6 Å². The Morgan fingerprint density at radius 3 is 2.64 bits per heavy atom. The quantitative estimate of drug-likeness (QED) is 0.754. The lowest BCUT2D eigenvalue weighted by Crippen LogP contribution is -2.33. The molecular weight excluding hydrogens is 348 g/mol. The maximum absolute atomic E-state index is 12.3. The lowest BCUT2D eigenvalue weighted by Gasteiger charge is -2.17. The molecule has 1 aliphatic heterocycles. The number of rotatable bonds is 5. The van der Waals surface area contributed by atoms with Crippen molar-refractivity contribution in [2.45, 2.75) is 31.7 Å². The van der Waals surface area contributed by atoms with Crippen LogP contribution in [-0.4, -0.2) is 47.2 Å². The van der Waals surface area contributed by atoms with Crippen LogP contribution in [0.3, 0.4) is 0 Å². The molecule has 5 nitrogen and oxygen atoms in total. The highest BCUT2D eigenvalue weighted by molar-refractivity contribution is 9.10. The van der Waals surface area contributed by atoms with E-state index in [0.29, 0.717) is 30.0 Å². The summed E-state index contributed by atoms with van der Waals surface area (Å²) in [6.07, 6.45) is 3.03. The van der Waals surface area contributed by atoms with Crippen LogP contribution < -0.4 is 0 Å². The fourth-order valence-electron chi connectivity index (χ4n) is 2.70. The number of nitrogens with zero attached hydrogens (tertiary/aromatic N) is 2. The molecule has 1 aliphatic carbocycles. The minimum atomic E-state index is -0.274. The second-order valence-electron chi connectivity index (χ2n) is 5.79. The molecule has 0 bridgehead atoms. The Balaban J connectivity index is 1.59. The van der Waals surface area contributed by atoms with Crippen molar-refractivity contribution >= 4 is 33.7 Å². The van der Waals surface area contributed by atoms with E-state index in [9.17, 15) is 14.4 Å². The van der Waals surface area contributed by atoms with Gasteiger partial charge in [-0.25, -0.2) is 0 Å². The van der Waals surface area contributed by atoms with Crippen molar-refractivity contribution in [1.82, 2.24) is 9.80 Å². The van der Waals surface area contributed by atoms with Gasteiger partial charge in [0.1, 0.15) is 0 Å². The topological polar surface area (TPSA) is 57.7 Å². The predicted molar refractivity (Wildman–Crippen MR) is 84.5 cm³/mol. The van der Waals surface area contributed by atoms with Crippen LogP contribution in [-0.2, 0) is 4.79 Å². The normalized spacial score (nSPS) is 16.9. The Bertz CT molecular complexity index is 655. The van der Waals surface area contributed by atoms with Crippen LogP contribution in [0.4, 0.5) is 0 Å². The summed E-state index contributed by atoms with van der Waals surface area (Å²) in [6.45, 7) is 0.286. The highest BCUT2D eigenvalue weighted by Gasteiger charge is 2.35. The first-order valence-corrected chi connectivity index (χ1v) is 8.19. The Labute approximate surface area is 137 Å². The molecule has 116 valence electrons. The lowest BCUT2D eigenvalue weighted by molar-refractivity contribution is -0.130. The summed E-state index contributed by atoms with van der Waals surface area (Å²) in [4.78, 5) is 39.5. The zero-order chi connectivity index (χ0) is 15.9. The van der Waals surface area contributed by atoms with Crippen LogP contribution in [0.15, 0.2) is 22.7 Å². The van der Waals surface area contributed by atoms with Gasteiger partial charge < -0.3 is 4.90 Å². The third kappa shape index (κ3) is 2.79. The number of halogens is 1. The first-order chi connectivity index (χ1) is 10.5. The molecule has 0 spiro atoms. The van der Waals surface area contributed by atoms with Gasteiger partial charge in [-0.1, -0.05) is 15.9 Å². The average Bonchev–Trinajstić information content (AvgIpc) is 3.31. The van der Waals surface area contributed by atoms with Gasteiger partial charge in [-0.05, 0) is 37.5 Å². The summed E-state index contributed by atoms with van der Waals surface area (Å²) in [5.41, 5.74) is 0.871. The van der Waals surface area contributed by atoms with Gasteiger partial charge in [0.25, 0.3) is 11.8 Å². The summed E-state index contributed by atoms with van der Waals surface area (Å²) in [6, 6.07) is 5.47. The number of carbonyl (C=O) groups is 3. The van der Waals surface area contributed by atoms with Crippen LogP contribution in [0.1, 0.15) is 46.4 Å². The molecule has 0 unspecified atom stereocenters. The predicted octanol–water partition coefficient (Wildman–Crippen LogP) is 2.45. The van der Waals surface area contributed by atoms with Crippen molar-refractivity contribution in [2.24, 2.45) is 0 Å². The molecule has 3 amide bonds. The van der Waals surface area contributed by atoms with Crippen LogP contribution in [0.2, 0.25) is 0 Å². The summed E-state index contributed by atoms with van der Waals surface area (Å²) in [5, 5.41) is 0. The molecule has 0 aromatic heterocycles. The van der Waals surface area contributed by atoms with Crippen molar-refractivity contribution in [3.05, 3.63) is 33.8 Å². The van der Waals surface area contributed by atoms with E-state index in [-0.39, 0.29) is 24.3 Å². The molecule has 0 saturated heterocycles. The molecule has 1 fully saturated rings. The SMILES string of the molecule is CN(C(=O)CCCN1C(=O)c2ccc(Br)cc2C1=O)C1CC1. The van der Waals surface area contributed by atoms with E-state index in [2.05, 4.69) is 15.9 Å². The second kappa shape index (κ2) is 5.83. The lowest BCUT2D eigenvalue weighted by atomic mass is 10.1. The average molecular weight is 365 g/mol. The first kappa shape index (κ1) is 15.2. The summed E-state index contributed by atoms with van der Waals surface area (Å²) in [7, 11) is 1.82. The molecule has 1 heterocycles. The van der Waals surface area contributed by atoms with Gasteiger partial charge >= 0.3 is 0 Å². The third-order valence-corrected chi connectivity index (χ3v) is 4.69. The van der Waals surface area contributed by atoms with Crippen molar-refractivity contribution in [3.8, 4) is 0 Å². The van der Waals surface area contributed by atoms with Crippen LogP contribution in [0, 0.1) is 0 Å². The molecule has 1 aromatic carbocycles. The number of hydrogen-bond acceptors (Lipinski definition) is 3. The Hall–Kier alpha value is -1.69. The molecule has 1 saturated carbocycles. The van der Waals surface area contributed by atoms with Crippen LogP contribution in [0.25, 0.3) is 0 Å². The van der Waals surface area contributed by atoms with Crippen LogP contribution >= 0.6 is 15.9 Å².